The molecular formula is C20H23N3O4. The molecule has 2 aromatic carbocycles. The van der Waals surface area contributed by atoms with Crippen LogP contribution in [0.4, 0.5) is 17.1 Å². The molecule has 0 aliphatic carbocycles. The highest BCUT2D eigenvalue weighted by molar-refractivity contribution is 5.98. The summed E-state index contributed by atoms with van der Waals surface area (Å²) in [5.41, 5.74) is 2.78. The van der Waals surface area contributed by atoms with Gasteiger partial charge in [0.15, 0.2) is 0 Å². The molecule has 1 amide bonds. The monoisotopic (exact) mass is 369 g/mol. The number of methoxy groups -OCH3 is 1. The number of nitrogens with zero attached hydrogens (tertiary/aromatic N) is 1. The van der Waals surface area contributed by atoms with Gasteiger partial charge in [-0.1, -0.05) is 12.1 Å². The number of carbonyl (C=O) groups is 2. The number of esters is 1. The van der Waals surface area contributed by atoms with E-state index in [4.69, 9.17) is 9.47 Å². The Morgan fingerprint density at radius 3 is 2.48 bits per heavy atom. The fraction of sp³-hybridized carbons (Fsp3) is 0.300. The summed E-state index contributed by atoms with van der Waals surface area (Å²) < 4.78 is 10.1. The van der Waals surface area contributed by atoms with Gasteiger partial charge >= 0.3 is 5.97 Å². The third-order valence-corrected chi connectivity index (χ3v) is 4.30. The molecule has 0 radical (unpaired) electrons. The summed E-state index contributed by atoms with van der Waals surface area (Å²) in [6.07, 6.45) is 0. The molecular weight excluding hydrogens is 346 g/mol. The molecule has 0 atom stereocenters. The number of amides is 1. The van der Waals surface area contributed by atoms with Crippen molar-refractivity contribution in [1.82, 2.24) is 0 Å². The summed E-state index contributed by atoms with van der Waals surface area (Å²) >= 11 is 0. The van der Waals surface area contributed by atoms with Crippen LogP contribution < -0.4 is 15.5 Å². The SMILES string of the molecule is COC(=O)c1ccccc1NCC(=O)Nc1ccc(N2CCOCC2)cc1. The van der Waals surface area contributed by atoms with Crippen LogP contribution in [-0.4, -0.2) is 51.8 Å². The van der Waals surface area contributed by atoms with Crippen molar-refractivity contribution in [2.24, 2.45) is 0 Å². The first kappa shape index (κ1) is 18.7. The molecule has 0 spiro atoms. The standard InChI is InChI=1S/C20H23N3O4/c1-26-20(25)17-4-2-3-5-18(17)21-14-19(24)22-15-6-8-16(9-7-15)23-10-12-27-13-11-23/h2-9,21H,10-14H2,1H3,(H,22,24). The van der Waals surface area contributed by atoms with Crippen LogP contribution in [0.25, 0.3) is 0 Å². The third kappa shape index (κ3) is 4.98. The lowest BCUT2D eigenvalue weighted by Gasteiger charge is -2.28. The molecule has 7 nitrogen and oxygen atoms in total. The van der Waals surface area contributed by atoms with E-state index in [0.717, 1.165) is 37.7 Å². The Bertz CT molecular complexity index is 786. The predicted octanol–water partition coefficient (Wildman–Crippen LogP) is 2.36. The maximum atomic E-state index is 12.2. The van der Waals surface area contributed by atoms with Crippen LogP contribution >= 0.6 is 0 Å². The summed E-state index contributed by atoms with van der Waals surface area (Å²) in [5.74, 6) is -0.647. The number of benzene rings is 2. The van der Waals surface area contributed by atoms with Crippen molar-refractivity contribution in [2.45, 2.75) is 0 Å². The van der Waals surface area contributed by atoms with Gasteiger partial charge in [-0.15, -0.1) is 0 Å². The van der Waals surface area contributed by atoms with E-state index in [1.165, 1.54) is 7.11 Å². The number of ether oxygens (including phenoxy) is 2. The molecule has 2 N–H and O–H groups in total. The molecule has 7 heteroatoms. The Labute approximate surface area is 158 Å². The second-order valence-electron chi connectivity index (χ2n) is 6.09. The molecule has 1 fully saturated rings. The lowest BCUT2D eigenvalue weighted by molar-refractivity contribution is -0.114. The Hall–Kier alpha value is -3.06. The van der Waals surface area contributed by atoms with Gasteiger partial charge in [0.05, 0.1) is 32.4 Å². The minimum atomic E-state index is -0.447. The number of carbonyl (C=O) groups excluding carboxylic acids is 2. The molecule has 1 heterocycles. The van der Waals surface area contributed by atoms with Crippen LogP contribution in [0.15, 0.2) is 48.5 Å². The minimum Gasteiger partial charge on any atom is -0.465 e. The predicted molar refractivity (Wildman–Crippen MR) is 104 cm³/mol. The average Bonchev–Trinajstić information content (AvgIpc) is 2.73. The molecule has 0 aromatic heterocycles. The van der Waals surface area contributed by atoms with Gasteiger partial charge in [0, 0.05) is 30.2 Å². The van der Waals surface area contributed by atoms with E-state index in [1.54, 1.807) is 24.3 Å². The Morgan fingerprint density at radius 1 is 1.07 bits per heavy atom. The number of para-hydroxylation sites is 1. The Morgan fingerprint density at radius 2 is 1.78 bits per heavy atom. The van der Waals surface area contributed by atoms with Crippen molar-refractivity contribution < 1.29 is 19.1 Å². The molecule has 27 heavy (non-hydrogen) atoms. The van der Waals surface area contributed by atoms with Gasteiger partial charge in [-0.3, -0.25) is 4.79 Å². The van der Waals surface area contributed by atoms with Crippen molar-refractivity contribution in [2.75, 3.05) is 55.5 Å². The van der Waals surface area contributed by atoms with Crippen LogP contribution in [0.5, 0.6) is 0 Å². The summed E-state index contributed by atoms with van der Waals surface area (Å²) in [6, 6.07) is 14.6. The van der Waals surface area contributed by atoms with Crippen LogP contribution in [0.3, 0.4) is 0 Å². The largest absolute Gasteiger partial charge is 0.465 e. The van der Waals surface area contributed by atoms with E-state index >= 15 is 0 Å². The molecule has 142 valence electrons. The summed E-state index contributed by atoms with van der Waals surface area (Å²) in [5, 5.41) is 5.82. The van der Waals surface area contributed by atoms with Crippen LogP contribution in [0, 0.1) is 0 Å². The second-order valence-corrected chi connectivity index (χ2v) is 6.09. The molecule has 0 unspecified atom stereocenters. The maximum Gasteiger partial charge on any atom is 0.339 e. The lowest BCUT2D eigenvalue weighted by Crippen LogP contribution is -2.36. The highest BCUT2D eigenvalue weighted by Crippen LogP contribution is 2.19. The minimum absolute atomic E-state index is 0.0409. The fourth-order valence-electron chi connectivity index (χ4n) is 2.88. The van der Waals surface area contributed by atoms with Crippen molar-refractivity contribution >= 4 is 28.9 Å². The first-order chi connectivity index (χ1) is 13.2. The fourth-order valence-corrected chi connectivity index (χ4v) is 2.88. The van der Waals surface area contributed by atoms with Gasteiger partial charge in [0.25, 0.3) is 0 Å². The zero-order chi connectivity index (χ0) is 19.1. The second kappa shape index (κ2) is 9.05. The summed E-state index contributed by atoms with van der Waals surface area (Å²) in [4.78, 5) is 26.2. The van der Waals surface area contributed by atoms with Crippen molar-refractivity contribution in [3.05, 3.63) is 54.1 Å². The van der Waals surface area contributed by atoms with Crippen molar-refractivity contribution in [3.63, 3.8) is 0 Å². The zero-order valence-corrected chi connectivity index (χ0v) is 15.2. The van der Waals surface area contributed by atoms with E-state index in [0.29, 0.717) is 11.3 Å². The number of rotatable bonds is 6. The van der Waals surface area contributed by atoms with E-state index in [-0.39, 0.29) is 12.5 Å². The van der Waals surface area contributed by atoms with Crippen LogP contribution in [0.1, 0.15) is 10.4 Å². The maximum absolute atomic E-state index is 12.2. The molecule has 0 bridgehead atoms. The van der Waals surface area contributed by atoms with Crippen LogP contribution in [0.2, 0.25) is 0 Å². The Kier molecular flexibility index (Phi) is 6.27. The zero-order valence-electron chi connectivity index (χ0n) is 15.2. The van der Waals surface area contributed by atoms with Crippen molar-refractivity contribution in [1.29, 1.82) is 0 Å². The van der Waals surface area contributed by atoms with E-state index < -0.39 is 5.97 Å². The summed E-state index contributed by atoms with van der Waals surface area (Å²) in [7, 11) is 1.33. The smallest absolute Gasteiger partial charge is 0.339 e. The van der Waals surface area contributed by atoms with Gasteiger partial charge in [-0.25, -0.2) is 4.79 Å². The molecule has 2 aromatic rings. The third-order valence-electron chi connectivity index (χ3n) is 4.30. The number of morpholine rings is 1. The molecule has 0 saturated carbocycles. The van der Waals surface area contributed by atoms with Gasteiger partial charge in [0.2, 0.25) is 5.91 Å². The summed E-state index contributed by atoms with van der Waals surface area (Å²) in [6.45, 7) is 3.25. The van der Waals surface area contributed by atoms with Gasteiger partial charge in [-0.05, 0) is 36.4 Å². The Balaban J connectivity index is 1.54. The topological polar surface area (TPSA) is 79.9 Å². The molecule has 3 rings (SSSR count). The first-order valence-electron chi connectivity index (χ1n) is 8.81. The number of hydrogen-bond acceptors (Lipinski definition) is 6. The van der Waals surface area contributed by atoms with Crippen molar-refractivity contribution in [3.8, 4) is 0 Å². The normalized spacial score (nSPS) is 13.7. The van der Waals surface area contributed by atoms with Gasteiger partial charge in [-0.2, -0.15) is 0 Å². The highest BCUT2D eigenvalue weighted by Gasteiger charge is 2.13. The number of hydrogen-bond donors (Lipinski definition) is 2. The van der Waals surface area contributed by atoms with E-state index in [2.05, 4.69) is 15.5 Å². The first-order valence-corrected chi connectivity index (χ1v) is 8.81. The molecule has 1 aliphatic heterocycles. The van der Waals surface area contributed by atoms with E-state index in [9.17, 15) is 9.59 Å². The molecule has 1 aliphatic rings. The van der Waals surface area contributed by atoms with Crippen LogP contribution in [-0.2, 0) is 14.3 Å². The van der Waals surface area contributed by atoms with E-state index in [1.807, 2.05) is 24.3 Å². The number of nitrogens with one attached hydrogen (secondary N) is 2. The average molecular weight is 369 g/mol. The molecule has 1 saturated heterocycles. The van der Waals surface area contributed by atoms with Gasteiger partial charge in [0.1, 0.15) is 0 Å². The quantitative estimate of drug-likeness (QED) is 0.761. The van der Waals surface area contributed by atoms with Gasteiger partial charge < -0.3 is 25.0 Å². The lowest BCUT2D eigenvalue weighted by atomic mass is 10.2. The highest BCUT2D eigenvalue weighted by atomic mass is 16.5. The number of anilines is 3.